The van der Waals surface area contributed by atoms with Gasteiger partial charge in [0.15, 0.2) is 5.58 Å². The lowest BCUT2D eigenvalue weighted by Crippen LogP contribution is -2.13. The van der Waals surface area contributed by atoms with Crippen molar-refractivity contribution in [1.29, 1.82) is 0 Å². The van der Waals surface area contributed by atoms with Gasteiger partial charge >= 0.3 is 0 Å². The van der Waals surface area contributed by atoms with Gasteiger partial charge in [0.25, 0.3) is 0 Å². The van der Waals surface area contributed by atoms with E-state index in [1.807, 2.05) is 24.3 Å². The highest BCUT2D eigenvalue weighted by molar-refractivity contribution is 6.15. The number of nitrogens with zero attached hydrogens (tertiary/aromatic N) is 1. The van der Waals surface area contributed by atoms with Crippen LogP contribution in [0.15, 0.2) is 173 Å². The van der Waals surface area contributed by atoms with E-state index in [0.29, 0.717) is 0 Å². The predicted octanol–water partition coefficient (Wildman–Crippen LogP) is 12.3. The van der Waals surface area contributed by atoms with Crippen LogP contribution in [0.1, 0.15) is 0 Å². The molecule has 0 unspecified atom stereocenters. The van der Waals surface area contributed by atoms with Gasteiger partial charge in [0.1, 0.15) is 16.7 Å². The molecular formula is C42H27NO2. The number of hydrogen-bond acceptors (Lipinski definition) is 3. The fourth-order valence-electron chi connectivity index (χ4n) is 6.62. The summed E-state index contributed by atoms with van der Waals surface area (Å²) < 4.78 is 13.2. The first-order valence-electron chi connectivity index (χ1n) is 15.2. The summed E-state index contributed by atoms with van der Waals surface area (Å²) in [4.78, 5) is 2.35. The molecule has 2 heterocycles. The van der Waals surface area contributed by atoms with E-state index in [1.165, 1.54) is 0 Å². The second kappa shape index (κ2) is 10.3. The van der Waals surface area contributed by atoms with E-state index in [4.69, 9.17) is 8.83 Å². The van der Waals surface area contributed by atoms with Crippen LogP contribution in [0.3, 0.4) is 0 Å². The van der Waals surface area contributed by atoms with Crippen LogP contribution < -0.4 is 4.90 Å². The number of rotatable bonds is 5. The highest BCUT2D eigenvalue weighted by atomic mass is 16.3. The molecule has 7 aromatic carbocycles. The number of benzene rings is 7. The Morgan fingerprint density at radius 3 is 1.69 bits per heavy atom. The van der Waals surface area contributed by atoms with E-state index in [-0.39, 0.29) is 0 Å². The third-order valence-electron chi connectivity index (χ3n) is 8.68. The summed E-state index contributed by atoms with van der Waals surface area (Å²) in [5.74, 6) is 0. The summed E-state index contributed by atoms with van der Waals surface area (Å²) in [7, 11) is 0. The Kier molecular flexibility index (Phi) is 5.82. The minimum absolute atomic E-state index is 0.838. The maximum absolute atomic E-state index is 6.79. The van der Waals surface area contributed by atoms with Crippen LogP contribution in [0, 0.1) is 0 Å². The Bertz CT molecular complexity index is 2490. The smallest absolute Gasteiger partial charge is 0.160 e. The lowest BCUT2D eigenvalue weighted by atomic mass is 9.97. The zero-order valence-electron chi connectivity index (χ0n) is 24.4. The van der Waals surface area contributed by atoms with Crippen LogP contribution in [0.2, 0.25) is 0 Å². The van der Waals surface area contributed by atoms with E-state index >= 15 is 0 Å². The maximum Gasteiger partial charge on any atom is 0.160 e. The number of fused-ring (bicyclic) bond motifs is 6. The molecule has 0 saturated carbocycles. The third-order valence-corrected chi connectivity index (χ3v) is 8.68. The van der Waals surface area contributed by atoms with Crippen LogP contribution in [0.4, 0.5) is 17.1 Å². The molecule has 0 spiro atoms. The fraction of sp³-hybridized carbons (Fsp3) is 0. The van der Waals surface area contributed by atoms with Crippen LogP contribution >= 0.6 is 0 Å². The Morgan fingerprint density at radius 2 is 0.933 bits per heavy atom. The first-order chi connectivity index (χ1) is 22.3. The second-order valence-corrected chi connectivity index (χ2v) is 11.3. The van der Waals surface area contributed by atoms with E-state index in [1.54, 1.807) is 0 Å². The van der Waals surface area contributed by atoms with Crippen LogP contribution in [0.25, 0.3) is 66.1 Å². The Balaban J connectivity index is 1.42. The summed E-state index contributed by atoms with van der Waals surface area (Å²) in [5.41, 5.74) is 10.9. The lowest BCUT2D eigenvalue weighted by Gasteiger charge is -2.30. The number of para-hydroxylation sites is 3. The third kappa shape index (κ3) is 4.13. The molecule has 0 radical (unpaired) electrons. The van der Waals surface area contributed by atoms with E-state index in [2.05, 4.69) is 144 Å². The molecule has 0 N–H and O–H groups in total. The van der Waals surface area contributed by atoms with Gasteiger partial charge in [-0.05, 0) is 47.5 Å². The fourth-order valence-corrected chi connectivity index (χ4v) is 6.62. The molecule has 0 amide bonds. The van der Waals surface area contributed by atoms with Gasteiger partial charge in [-0.15, -0.1) is 0 Å². The zero-order valence-corrected chi connectivity index (χ0v) is 24.4. The quantitative estimate of drug-likeness (QED) is 0.204. The average Bonchev–Trinajstić information content (AvgIpc) is 3.68. The summed E-state index contributed by atoms with van der Waals surface area (Å²) in [5, 5.41) is 4.38. The Hall–Kier alpha value is -6.06. The van der Waals surface area contributed by atoms with Crippen molar-refractivity contribution in [3.8, 4) is 22.3 Å². The average molecular weight is 578 g/mol. The molecule has 3 heteroatoms. The number of furan rings is 2. The summed E-state index contributed by atoms with van der Waals surface area (Å²) in [6, 6.07) is 57.2. The van der Waals surface area contributed by atoms with Gasteiger partial charge in [-0.3, -0.25) is 0 Å². The minimum atomic E-state index is 0.838. The van der Waals surface area contributed by atoms with Gasteiger partial charge in [-0.1, -0.05) is 121 Å². The Morgan fingerprint density at radius 1 is 0.378 bits per heavy atom. The highest BCUT2D eigenvalue weighted by Crippen LogP contribution is 2.50. The van der Waals surface area contributed by atoms with Crippen molar-refractivity contribution in [3.63, 3.8) is 0 Å². The summed E-state index contributed by atoms with van der Waals surface area (Å²) in [6.07, 6.45) is 0. The van der Waals surface area contributed by atoms with Gasteiger partial charge in [-0.25, -0.2) is 0 Å². The standard InChI is InChI=1S/C42H27NO2/c1-3-13-28(14-4-1)31-17-7-10-20-37(31)43(30-23-24-35-33-18-8-11-21-38(33)44-40(35)27-30)41-32(29-15-5-2-6-16-29)25-26-36-34-19-9-12-22-39(34)45-42(36)41/h1-27H. The largest absolute Gasteiger partial charge is 0.456 e. The predicted molar refractivity (Wildman–Crippen MR) is 187 cm³/mol. The monoisotopic (exact) mass is 577 g/mol. The molecule has 45 heavy (non-hydrogen) atoms. The topological polar surface area (TPSA) is 29.5 Å². The van der Waals surface area contributed by atoms with Gasteiger partial charge in [0, 0.05) is 38.7 Å². The number of hydrogen-bond donors (Lipinski definition) is 0. The molecular weight excluding hydrogens is 550 g/mol. The van der Waals surface area contributed by atoms with Crippen molar-refractivity contribution in [2.45, 2.75) is 0 Å². The van der Waals surface area contributed by atoms with Crippen LogP contribution in [-0.2, 0) is 0 Å². The van der Waals surface area contributed by atoms with E-state index in [0.717, 1.165) is 83.2 Å². The van der Waals surface area contributed by atoms with Crippen molar-refractivity contribution in [1.82, 2.24) is 0 Å². The summed E-state index contributed by atoms with van der Waals surface area (Å²) in [6.45, 7) is 0. The van der Waals surface area contributed by atoms with Gasteiger partial charge in [0.05, 0.1) is 17.1 Å². The molecule has 0 aliphatic carbocycles. The van der Waals surface area contributed by atoms with Crippen molar-refractivity contribution < 1.29 is 8.83 Å². The maximum atomic E-state index is 6.79. The SMILES string of the molecule is c1ccc(-c2ccccc2N(c2ccc3c(c2)oc2ccccc23)c2c(-c3ccccc3)ccc3c2oc2ccccc23)cc1. The molecule has 0 atom stereocenters. The van der Waals surface area contributed by atoms with E-state index < -0.39 is 0 Å². The molecule has 0 aliphatic rings. The highest BCUT2D eigenvalue weighted by Gasteiger charge is 2.26. The van der Waals surface area contributed by atoms with Crippen molar-refractivity contribution in [2.75, 3.05) is 4.90 Å². The zero-order chi connectivity index (χ0) is 29.7. The minimum Gasteiger partial charge on any atom is -0.456 e. The van der Waals surface area contributed by atoms with Crippen molar-refractivity contribution in [3.05, 3.63) is 164 Å². The molecule has 0 aliphatic heterocycles. The first-order valence-corrected chi connectivity index (χ1v) is 15.2. The molecule has 0 bridgehead atoms. The second-order valence-electron chi connectivity index (χ2n) is 11.3. The molecule has 9 rings (SSSR count). The van der Waals surface area contributed by atoms with Gasteiger partial charge in [-0.2, -0.15) is 0 Å². The van der Waals surface area contributed by atoms with Crippen molar-refractivity contribution >= 4 is 60.9 Å². The van der Waals surface area contributed by atoms with Crippen LogP contribution in [0.5, 0.6) is 0 Å². The molecule has 0 saturated heterocycles. The molecule has 212 valence electrons. The Labute approximate surface area is 260 Å². The lowest BCUT2D eigenvalue weighted by molar-refractivity contribution is 0.667. The molecule has 3 nitrogen and oxygen atoms in total. The van der Waals surface area contributed by atoms with Gasteiger partial charge < -0.3 is 13.7 Å². The normalized spacial score (nSPS) is 11.6. The molecule has 0 fully saturated rings. The molecule has 2 aromatic heterocycles. The van der Waals surface area contributed by atoms with E-state index in [9.17, 15) is 0 Å². The number of anilines is 3. The summed E-state index contributed by atoms with van der Waals surface area (Å²) >= 11 is 0. The molecule has 9 aromatic rings. The first kappa shape index (κ1) is 25.4. The van der Waals surface area contributed by atoms with Gasteiger partial charge in [0.2, 0.25) is 0 Å². The van der Waals surface area contributed by atoms with Crippen molar-refractivity contribution in [2.24, 2.45) is 0 Å². The van der Waals surface area contributed by atoms with Crippen LogP contribution in [-0.4, -0.2) is 0 Å².